The lowest BCUT2D eigenvalue weighted by Gasteiger charge is -2.21. The fourth-order valence-electron chi connectivity index (χ4n) is 2.51. The summed E-state index contributed by atoms with van der Waals surface area (Å²) in [5.41, 5.74) is 1.01. The third kappa shape index (κ3) is 5.14. The number of carbonyl (C=O) groups is 1. The number of pyridine rings is 1. The minimum Gasteiger partial charge on any atom is -0.477 e. The van der Waals surface area contributed by atoms with Gasteiger partial charge >= 0.3 is 0 Å². The first-order valence-electron chi connectivity index (χ1n) is 7.87. The van der Waals surface area contributed by atoms with Crippen LogP contribution in [-0.2, 0) is 11.3 Å². The molecule has 1 saturated heterocycles. The van der Waals surface area contributed by atoms with Crippen molar-refractivity contribution < 1.29 is 9.53 Å². The number of nitrogens with one attached hydrogen (secondary N) is 2. The molecular weight excluding hydrogens is 302 g/mol. The molecule has 122 valence electrons. The second-order valence-electron chi connectivity index (χ2n) is 6.00. The van der Waals surface area contributed by atoms with E-state index in [1.165, 1.54) is 12.8 Å². The summed E-state index contributed by atoms with van der Waals surface area (Å²) < 4.78 is 5.60. The highest BCUT2D eigenvalue weighted by Crippen LogP contribution is 2.29. The number of nitrogens with zero attached hydrogens (tertiary/aromatic N) is 1. The number of aromatic nitrogens is 1. The number of hydrogen-bond donors (Lipinski definition) is 2. The van der Waals surface area contributed by atoms with E-state index in [1.54, 1.807) is 6.20 Å². The fourth-order valence-corrected chi connectivity index (χ4v) is 2.51. The van der Waals surface area contributed by atoms with Gasteiger partial charge in [-0.25, -0.2) is 4.98 Å². The zero-order chi connectivity index (χ0) is 14.5. The van der Waals surface area contributed by atoms with Crippen LogP contribution in [0.1, 0.15) is 31.2 Å². The first-order chi connectivity index (χ1) is 10.3. The highest BCUT2D eigenvalue weighted by molar-refractivity contribution is 5.85. The molecule has 0 atom stereocenters. The Hall–Kier alpha value is -1.33. The Morgan fingerprint density at radius 2 is 2.05 bits per heavy atom. The molecule has 1 aliphatic heterocycles. The zero-order valence-corrected chi connectivity index (χ0v) is 13.5. The Bertz CT molecular complexity index is 471. The number of rotatable bonds is 6. The van der Waals surface area contributed by atoms with Gasteiger partial charge in [-0.3, -0.25) is 4.79 Å². The van der Waals surface area contributed by atoms with Crippen LogP contribution >= 0.6 is 12.4 Å². The molecule has 1 aromatic rings. The average Bonchev–Trinajstić information content (AvgIpc) is 3.37. The molecule has 2 N–H and O–H groups in total. The summed E-state index contributed by atoms with van der Waals surface area (Å²) >= 11 is 0. The minimum absolute atomic E-state index is 0. The van der Waals surface area contributed by atoms with E-state index in [-0.39, 0.29) is 24.2 Å². The molecule has 0 bridgehead atoms. The van der Waals surface area contributed by atoms with Gasteiger partial charge in [0.05, 0.1) is 6.61 Å². The third-order valence-corrected chi connectivity index (χ3v) is 4.14. The first kappa shape index (κ1) is 17.0. The van der Waals surface area contributed by atoms with Crippen LogP contribution in [-0.4, -0.2) is 30.6 Å². The van der Waals surface area contributed by atoms with Gasteiger partial charge in [-0.05, 0) is 50.3 Å². The van der Waals surface area contributed by atoms with Crippen molar-refractivity contribution in [1.29, 1.82) is 0 Å². The predicted molar refractivity (Wildman–Crippen MR) is 87.1 cm³/mol. The van der Waals surface area contributed by atoms with Gasteiger partial charge in [0.25, 0.3) is 0 Å². The van der Waals surface area contributed by atoms with Crippen LogP contribution in [0.2, 0.25) is 0 Å². The second-order valence-corrected chi connectivity index (χ2v) is 6.00. The summed E-state index contributed by atoms with van der Waals surface area (Å²) in [4.78, 5) is 16.3. The van der Waals surface area contributed by atoms with Crippen molar-refractivity contribution in [2.45, 2.75) is 32.2 Å². The minimum atomic E-state index is 0. The largest absolute Gasteiger partial charge is 0.477 e. The van der Waals surface area contributed by atoms with Gasteiger partial charge in [-0.2, -0.15) is 0 Å². The van der Waals surface area contributed by atoms with Gasteiger partial charge in [0.15, 0.2) is 0 Å². The van der Waals surface area contributed by atoms with E-state index >= 15 is 0 Å². The van der Waals surface area contributed by atoms with Gasteiger partial charge in [0, 0.05) is 24.7 Å². The molecule has 0 spiro atoms. The van der Waals surface area contributed by atoms with Crippen molar-refractivity contribution in [3.63, 3.8) is 0 Å². The molecule has 1 aliphatic carbocycles. The Morgan fingerprint density at radius 1 is 1.27 bits per heavy atom. The number of halogens is 1. The zero-order valence-electron chi connectivity index (χ0n) is 12.7. The van der Waals surface area contributed by atoms with E-state index in [0.29, 0.717) is 12.4 Å². The molecule has 1 aromatic heterocycles. The number of carbonyl (C=O) groups excluding carboxylic acids is 1. The smallest absolute Gasteiger partial charge is 0.223 e. The van der Waals surface area contributed by atoms with Gasteiger partial charge in [-0.1, -0.05) is 6.07 Å². The second kappa shape index (κ2) is 8.34. The summed E-state index contributed by atoms with van der Waals surface area (Å²) in [6.45, 7) is 3.19. The van der Waals surface area contributed by atoms with Gasteiger partial charge in [0.1, 0.15) is 0 Å². The van der Waals surface area contributed by atoms with Crippen molar-refractivity contribution in [3.8, 4) is 5.88 Å². The van der Waals surface area contributed by atoms with E-state index in [0.717, 1.165) is 44.0 Å². The maximum atomic E-state index is 12.0. The summed E-state index contributed by atoms with van der Waals surface area (Å²) in [6.07, 6.45) is 6.20. The molecule has 0 aromatic carbocycles. The van der Waals surface area contributed by atoms with E-state index in [1.807, 2.05) is 12.1 Å². The van der Waals surface area contributed by atoms with E-state index in [2.05, 4.69) is 15.6 Å². The molecule has 5 nitrogen and oxygen atoms in total. The standard InChI is InChI=1S/C16H23N3O2.ClH/c20-16(14-5-7-17-8-6-14)19-10-13-3-4-15(18-9-13)21-11-12-1-2-12;/h3-4,9,12,14,17H,1-2,5-8,10-11H2,(H,19,20);1H. The molecule has 0 radical (unpaired) electrons. The molecule has 22 heavy (non-hydrogen) atoms. The summed E-state index contributed by atoms with van der Waals surface area (Å²) in [6, 6.07) is 3.85. The molecule has 1 saturated carbocycles. The molecule has 2 heterocycles. The van der Waals surface area contributed by atoms with Gasteiger partial charge < -0.3 is 15.4 Å². The maximum Gasteiger partial charge on any atom is 0.223 e. The highest BCUT2D eigenvalue weighted by atomic mass is 35.5. The Kier molecular flexibility index (Phi) is 6.46. The van der Waals surface area contributed by atoms with Gasteiger partial charge in [0.2, 0.25) is 11.8 Å². The molecule has 3 rings (SSSR count). The van der Waals surface area contributed by atoms with Crippen molar-refractivity contribution in [1.82, 2.24) is 15.6 Å². The number of hydrogen-bond acceptors (Lipinski definition) is 4. The van der Waals surface area contributed by atoms with Crippen LogP contribution in [0.3, 0.4) is 0 Å². The molecular formula is C16H24ClN3O2. The summed E-state index contributed by atoms with van der Waals surface area (Å²) in [7, 11) is 0. The van der Waals surface area contributed by atoms with Crippen LogP contribution in [0.5, 0.6) is 5.88 Å². The normalized spacial score (nSPS) is 18.4. The number of amides is 1. The topological polar surface area (TPSA) is 63.2 Å². The molecule has 2 fully saturated rings. The SMILES string of the molecule is Cl.O=C(NCc1ccc(OCC2CC2)nc1)C1CCNCC1. The highest BCUT2D eigenvalue weighted by Gasteiger charge is 2.22. The Labute approximate surface area is 137 Å². The molecule has 0 unspecified atom stereocenters. The van der Waals surface area contributed by atoms with E-state index in [9.17, 15) is 4.79 Å². The first-order valence-corrected chi connectivity index (χ1v) is 7.87. The van der Waals surface area contributed by atoms with Crippen molar-refractivity contribution >= 4 is 18.3 Å². The van der Waals surface area contributed by atoms with Crippen LogP contribution in [0, 0.1) is 11.8 Å². The van der Waals surface area contributed by atoms with Crippen molar-refractivity contribution in [2.24, 2.45) is 11.8 Å². The number of ether oxygens (including phenoxy) is 1. The Morgan fingerprint density at radius 3 is 2.68 bits per heavy atom. The van der Waals surface area contributed by atoms with Gasteiger partial charge in [-0.15, -0.1) is 12.4 Å². The van der Waals surface area contributed by atoms with Crippen LogP contribution in [0.4, 0.5) is 0 Å². The average molecular weight is 326 g/mol. The lowest BCUT2D eigenvalue weighted by Crippen LogP contribution is -2.37. The van der Waals surface area contributed by atoms with E-state index in [4.69, 9.17) is 4.74 Å². The van der Waals surface area contributed by atoms with Crippen LogP contribution in [0.15, 0.2) is 18.3 Å². The van der Waals surface area contributed by atoms with Crippen LogP contribution < -0.4 is 15.4 Å². The predicted octanol–water partition coefficient (Wildman–Crippen LogP) is 1.91. The lowest BCUT2D eigenvalue weighted by atomic mass is 9.97. The maximum absolute atomic E-state index is 12.0. The Balaban J connectivity index is 0.00000176. The van der Waals surface area contributed by atoms with E-state index < -0.39 is 0 Å². The fraction of sp³-hybridized carbons (Fsp3) is 0.625. The molecule has 2 aliphatic rings. The quantitative estimate of drug-likeness (QED) is 0.838. The van der Waals surface area contributed by atoms with Crippen molar-refractivity contribution in [2.75, 3.05) is 19.7 Å². The third-order valence-electron chi connectivity index (χ3n) is 4.14. The molecule has 6 heteroatoms. The van der Waals surface area contributed by atoms with Crippen molar-refractivity contribution in [3.05, 3.63) is 23.9 Å². The van der Waals surface area contributed by atoms with Crippen LogP contribution in [0.25, 0.3) is 0 Å². The summed E-state index contributed by atoms with van der Waals surface area (Å²) in [5.74, 6) is 1.72. The molecule has 1 amide bonds. The summed E-state index contributed by atoms with van der Waals surface area (Å²) in [5, 5.41) is 6.27. The lowest BCUT2D eigenvalue weighted by molar-refractivity contribution is -0.125. The number of piperidine rings is 1. The monoisotopic (exact) mass is 325 g/mol.